The van der Waals surface area contributed by atoms with E-state index in [2.05, 4.69) is 25.6 Å². The minimum atomic E-state index is -0.351. The number of aliphatic imine (C=N–C) groups is 1. The first kappa shape index (κ1) is 13.9. The Labute approximate surface area is 75.1 Å². The molecular formula is C9H20N2O. The Morgan fingerprint density at radius 1 is 1.58 bits per heavy atom. The molecule has 0 aromatic heterocycles. The number of hydrogen-bond donors (Lipinski definition) is 1. The summed E-state index contributed by atoms with van der Waals surface area (Å²) in [5.74, 6) is 0.0126. The van der Waals surface area contributed by atoms with Crippen LogP contribution in [0.15, 0.2) is 4.99 Å². The van der Waals surface area contributed by atoms with Crippen molar-refractivity contribution in [3.63, 3.8) is 0 Å². The number of carbonyl (C=O) groups is 1. The standard InChI is InChI=1S/C6H12N2O.C3H8/c1-5(9)6(7)3-4-8-2;1-3-2/h6H,2-4,7H2,1H3;3H2,1-2H3. The third-order valence-corrected chi connectivity index (χ3v) is 1.12. The molecule has 0 amide bonds. The molecule has 0 aromatic rings. The van der Waals surface area contributed by atoms with Crippen molar-refractivity contribution in [1.82, 2.24) is 0 Å². The highest BCUT2D eigenvalue weighted by Gasteiger charge is 2.05. The zero-order valence-electron chi connectivity index (χ0n) is 8.34. The van der Waals surface area contributed by atoms with Gasteiger partial charge in [-0.1, -0.05) is 20.3 Å². The van der Waals surface area contributed by atoms with Gasteiger partial charge in [0.05, 0.1) is 6.04 Å². The number of Topliss-reactive ketones (excluding diaryl/α,β-unsaturated/α-hetero) is 1. The number of nitrogens with two attached hydrogens (primary N) is 1. The number of ketones is 1. The Morgan fingerprint density at radius 3 is 2.25 bits per heavy atom. The molecule has 72 valence electrons. The molecule has 0 aromatic carbocycles. The van der Waals surface area contributed by atoms with Crippen LogP contribution in [0.2, 0.25) is 0 Å². The molecule has 0 radical (unpaired) electrons. The second-order valence-corrected chi connectivity index (χ2v) is 2.66. The van der Waals surface area contributed by atoms with E-state index in [9.17, 15) is 4.79 Å². The van der Waals surface area contributed by atoms with Crippen LogP contribution in [0.25, 0.3) is 0 Å². The maximum absolute atomic E-state index is 10.5. The first-order valence-corrected chi connectivity index (χ1v) is 4.28. The summed E-state index contributed by atoms with van der Waals surface area (Å²) in [7, 11) is 0. The normalized spacial score (nSPS) is 11.0. The minimum Gasteiger partial charge on any atom is -0.321 e. The quantitative estimate of drug-likeness (QED) is 0.652. The lowest BCUT2D eigenvalue weighted by Gasteiger charge is -2.02. The molecule has 1 atom stereocenters. The van der Waals surface area contributed by atoms with Gasteiger partial charge in [0, 0.05) is 6.54 Å². The van der Waals surface area contributed by atoms with Crippen LogP contribution in [0, 0.1) is 0 Å². The smallest absolute Gasteiger partial charge is 0.146 e. The molecule has 0 spiro atoms. The first-order valence-electron chi connectivity index (χ1n) is 4.28. The van der Waals surface area contributed by atoms with E-state index in [1.54, 1.807) is 0 Å². The molecule has 0 fully saturated rings. The number of hydrogen-bond acceptors (Lipinski definition) is 3. The predicted molar refractivity (Wildman–Crippen MR) is 53.7 cm³/mol. The molecule has 3 heteroatoms. The lowest BCUT2D eigenvalue weighted by atomic mass is 10.1. The molecule has 0 bridgehead atoms. The molecule has 0 saturated carbocycles. The summed E-state index contributed by atoms with van der Waals surface area (Å²) in [6.07, 6.45) is 1.86. The average Bonchev–Trinajstić information content (AvgIpc) is 2.01. The molecule has 2 N–H and O–H groups in total. The van der Waals surface area contributed by atoms with E-state index in [1.165, 1.54) is 13.3 Å². The number of nitrogens with zero attached hydrogens (tertiary/aromatic N) is 1. The van der Waals surface area contributed by atoms with Crippen molar-refractivity contribution >= 4 is 12.5 Å². The van der Waals surface area contributed by atoms with Crippen LogP contribution < -0.4 is 5.73 Å². The maximum Gasteiger partial charge on any atom is 0.146 e. The summed E-state index contributed by atoms with van der Waals surface area (Å²) >= 11 is 0. The fraction of sp³-hybridized carbons (Fsp3) is 0.778. The maximum atomic E-state index is 10.5. The van der Waals surface area contributed by atoms with Crippen LogP contribution in [-0.4, -0.2) is 25.1 Å². The lowest BCUT2D eigenvalue weighted by Crippen LogP contribution is -2.28. The third-order valence-electron chi connectivity index (χ3n) is 1.12. The van der Waals surface area contributed by atoms with Crippen molar-refractivity contribution in [3.05, 3.63) is 0 Å². The molecular weight excluding hydrogens is 152 g/mol. The first-order chi connectivity index (χ1) is 5.59. The van der Waals surface area contributed by atoms with E-state index in [4.69, 9.17) is 5.73 Å². The van der Waals surface area contributed by atoms with Gasteiger partial charge in [0.2, 0.25) is 0 Å². The molecule has 0 saturated heterocycles. The monoisotopic (exact) mass is 172 g/mol. The molecule has 0 aliphatic rings. The Bertz CT molecular complexity index is 124. The van der Waals surface area contributed by atoms with E-state index in [0.29, 0.717) is 13.0 Å². The average molecular weight is 172 g/mol. The van der Waals surface area contributed by atoms with Gasteiger partial charge in [-0.25, -0.2) is 0 Å². The van der Waals surface area contributed by atoms with Crippen molar-refractivity contribution in [2.75, 3.05) is 6.54 Å². The topological polar surface area (TPSA) is 55.4 Å². The van der Waals surface area contributed by atoms with Gasteiger partial charge in [0.15, 0.2) is 0 Å². The summed E-state index contributed by atoms with van der Waals surface area (Å²) in [6, 6.07) is -0.351. The Kier molecular flexibility index (Phi) is 11.9. The highest BCUT2D eigenvalue weighted by molar-refractivity contribution is 5.81. The van der Waals surface area contributed by atoms with E-state index < -0.39 is 0 Å². The van der Waals surface area contributed by atoms with Crippen molar-refractivity contribution in [1.29, 1.82) is 0 Å². The lowest BCUT2D eigenvalue weighted by molar-refractivity contribution is -0.118. The van der Waals surface area contributed by atoms with Crippen molar-refractivity contribution in [3.8, 4) is 0 Å². The molecule has 12 heavy (non-hydrogen) atoms. The molecule has 3 nitrogen and oxygen atoms in total. The van der Waals surface area contributed by atoms with E-state index in [0.717, 1.165) is 0 Å². The predicted octanol–water partition coefficient (Wildman–Crippen LogP) is 1.41. The largest absolute Gasteiger partial charge is 0.321 e. The molecule has 1 unspecified atom stereocenters. The molecule has 0 heterocycles. The highest BCUT2D eigenvalue weighted by Crippen LogP contribution is 1.88. The van der Waals surface area contributed by atoms with Crippen LogP contribution in [0.5, 0.6) is 0 Å². The van der Waals surface area contributed by atoms with Gasteiger partial charge in [0.25, 0.3) is 0 Å². The van der Waals surface area contributed by atoms with Crippen molar-refractivity contribution < 1.29 is 4.79 Å². The second-order valence-electron chi connectivity index (χ2n) is 2.66. The van der Waals surface area contributed by atoms with E-state index >= 15 is 0 Å². The van der Waals surface area contributed by atoms with Gasteiger partial charge in [-0.15, -0.1) is 0 Å². The van der Waals surface area contributed by atoms with Crippen molar-refractivity contribution in [2.24, 2.45) is 10.7 Å². The van der Waals surface area contributed by atoms with E-state index in [-0.39, 0.29) is 11.8 Å². The summed E-state index contributed by atoms with van der Waals surface area (Å²) in [4.78, 5) is 14.0. The summed E-state index contributed by atoms with van der Waals surface area (Å²) in [5.41, 5.74) is 5.37. The minimum absolute atomic E-state index is 0.0126. The Hall–Kier alpha value is -0.700. The summed E-state index contributed by atoms with van der Waals surface area (Å²) in [5, 5.41) is 0. The zero-order valence-corrected chi connectivity index (χ0v) is 8.34. The number of rotatable bonds is 4. The van der Waals surface area contributed by atoms with Gasteiger partial charge in [-0.2, -0.15) is 0 Å². The third kappa shape index (κ3) is 12.0. The zero-order chi connectivity index (χ0) is 9.98. The molecule has 0 rings (SSSR count). The van der Waals surface area contributed by atoms with Gasteiger partial charge in [-0.3, -0.25) is 4.79 Å². The molecule has 0 aliphatic heterocycles. The fourth-order valence-electron chi connectivity index (χ4n) is 0.434. The number of carbonyl (C=O) groups excluding carboxylic acids is 1. The van der Waals surface area contributed by atoms with Crippen LogP contribution in [-0.2, 0) is 4.79 Å². The second kappa shape index (κ2) is 10.3. The van der Waals surface area contributed by atoms with Crippen LogP contribution >= 0.6 is 0 Å². The highest BCUT2D eigenvalue weighted by atomic mass is 16.1. The summed E-state index contributed by atoms with van der Waals surface area (Å²) < 4.78 is 0. The van der Waals surface area contributed by atoms with Crippen LogP contribution in [0.3, 0.4) is 0 Å². The summed E-state index contributed by atoms with van der Waals surface area (Å²) in [6.45, 7) is 9.58. The van der Waals surface area contributed by atoms with Gasteiger partial charge >= 0.3 is 0 Å². The van der Waals surface area contributed by atoms with Crippen molar-refractivity contribution in [2.45, 2.75) is 39.7 Å². The Morgan fingerprint density at radius 2 is 2.00 bits per heavy atom. The van der Waals surface area contributed by atoms with Gasteiger partial charge < -0.3 is 10.7 Å². The molecule has 0 aliphatic carbocycles. The van der Waals surface area contributed by atoms with E-state index in [1.807, 2.05) is 0 Å². The van der Waals surface area contributed by atoms with Gasteiger partial charge in [-0.05, 0) is 20.1 Å². The fourth-order valence-corrected chi connectivity index (χ4v) is 0.434. The van der Waals surface area contributed by atoms with Crippen LogP contribution in [0.4, 0.5) is 0 Å². The van der Waals surface area contributed by atoms with Gasteiger partial charge in [0.1, 0.15) is 5.78 Å². The van der Waals surface area contributed by atoms with Crippen LogP contribution in [0.1, 0.15) is 33.6 Å². The SMILES string of the molecule is C=NCCC(N)C(C)=O.CCC. The Balaban J connectivity index is 0.